The topological polar surface area (TPSA) is 69.6 Å². The second-order valence-electron chi connectivity index (χ2n) is 5.93. The number of benzene rings is 2. The van der Waals surface area contributed by atoms with Gasteiger partial charge in [-0.15, -0.1) is 0 Å². The minimum absolute atomic E-state index is 0.191. The Balaban J connectivity index is 1.79. The zero-order valence-corrected chi connectivity index (χ0v) is 13.0. The zero-order valence-electron chi connectivity index (χ0n) is 13.0. The molecule has 1 saturated heterocycles. The average molecular weight is 312 g/mol. The van der Waals surface area contributed by atoms with Crippen LogP contribution in [0.25, 0.3) is 10.8 Å². The molecule has 1 unspecified atom stereocenters. The molecule has 0 radical (unpaired) electrons. The molecular weight excluding hydrogens is 292 g/mol. The van der Waals surface area contributed by atoms with Crippen molar-refractivity contribution in [1.29, 1.82) is 0 Å². The molecule has 23 heavy (non-hydrogen) atoms. The first kappa shape index (κ1) is 15.3. The van der Waals surface area contributed by atoms with Gasteiger partial charge in [-0.2, -0.15) is 0 Å². The van der Waals surface area contributed by atoms with Crippen molar-refractivity contribution in [3.63, 3.8) is 0 Å². The van der Waals surface area contributed by atoms with E-state index in [0.717, 1.165) is 22.8 Å². The first-order valence-corrected chi connectivity index (χ1v) is 7.85. The Morgan fingerprint density at radius 3 is 2.74 bits per heavy atom. The van der Waals surface area contributed by atoms with Crippen molar-refractivity contribution < 1.29 is 14.7 Å². The van der Waals surface area contributed by atoms with Gasteiger partial charge in [0.05, 0.1) is 6.04 Å². The van der Waals surface area contributed by atoms with Crippen LogP contribution < -0.4 is 5.32 Å². The van der Waals surface area contributed by atoms with Crippen LogP contribution >= 0.6 is 0 Å². The number of aliphatic carboxylic acids is 1. The maximum Gasteiger partial charge on any atom is 0.326 e. The van der Waals surface area contributed by atoms with Gasteiger partial charge in [0.2, 0.25) is 0 Å². The summed E-state index contributed by atoms with van der Waals surface area (Å²) in [5.41, 5.74) is 1.03. The van der Waals surface area contributed by atoms with E-state index in [9.17, 15) is 14.7 Å². The molecule has 0 spiro atoms. The van der Waals surface area contributed by atoms with Crippen molar-refractivity contribution in [3.05, 3.63) is 48.0 Å². The number of amides is 2. The molecule has 2 aromatic rings. The average Bonchev–Trinajstić information content (AvgIpc) is 3.04. The summed E-state index contributed by atoms with van der Waals surface area (Å²) in [4.78, 5) is 25.1. The Bertz CT molecular complexity index is 739. The lowest BCUT2D eigenvalue weighted by atomic mass is 10.00. The van der Waals surface area contributed by atoms with Crippen LogP contribution in [0.3, 0.4) is 0 Å². The normalized spacial score (nSPS) is 18.8. The summed E-state index contributed by atoms with van der Waals surface area (Å²) >= 11 is 0. The monoisotopic (exact) mass is 312 g/mol. The summed E-state index contributed by atoms with van der Waals surface area (Å²) in [6.45, 7) is 2.41. The van der Waals surface area contributed by atoms with Gasteiger partial charge in [0.15, 0.2) is 0 Å². The lowest BCUT2D eigenvalue weighted by Crippen LogP contribution is -2.46. The molecule has 2 amide bonds. The van der Waals surface area contributed by atoms with Crippen molar-refractivity contribution in [2.45, 2.75) is 31.8 Å². The van der Waals surface area contributed by atoms with E-state index in [1.165, 1.54) is 4.90 Å². The maximum atomic E-state index is 12.4. The Morgan fingerprint density at radius 2 is 1.96 bits per heavy atom. The Labute approximate surface area is 134 Å². The molecule has 0 aromatic heterocycles. The summed E-state index contributed by atoms with van der Waals surface area (Å²) in [6, 6.07) is 12.8. The number of nitrogens with zero attached hydrogens (tertiary/aromatic N) is 1. The van der Waals surface area contributed by atoms with E-state index in [1.807, 2.05) is 49.4 Å². The number of carboxylic acid groups (broad SMARTS) is 1. The molecule has 0 aliphatic carbocycles. The third kappa shape index (κ3) is 2.99. The Morgan fingerprint density at radius 1 is 1.22 bits per heavy atom. The van der Waals surface area contributed by atoms with Gasteiger partial charge in [0.25, 0.3) is 0 Å². The van der Waals surface area contributed by atoms with E-state index in [0.29, 0.717) is 13.0 Å². The molecule has 120 valence electrons. The predicted octanol–water partition coefficient (Wildman–Crippen LogP) is 3.16. The number of urea groups is 1. The van der Waals surface area contributed by atoms with E-state index in [1.54, 1.807) is 0 Å². The van der Waals surface area contributed by atoms with Gasteiger partial charge in [-0.05, 0) is 36.1 Å². The van der Waals surface area contributed by atoms with Crippen LogP contribution in [0.4, 0.5) is 4.79 Å². The van der Waals surface area contributed by atoms with Gasteiger partial charge in [0.1, 0.15) is 6.04 Å². The van der Waals surface area contributed by atoms with Gasteiger partial charge in [-0.25, -0.2) is 9.59 Å². The molecule has 1 heterocycles. The van der Waals surface area contributed by atoms with E-state index < -0.39 is 12.0 Å². The van der Waals surface area contributed by atoms with Crippen LogP contribution in [0.2, 0.25) is 0 Å². The van der Waals surface area contributed by atoms with Gasteiger partial charge in [-0.1, -0.05) is 42.5 Å². The Kier molecular flexibility index (Phi) is 4.19. The maximum absolute atomic E-state index is 12.4. The molecule has 5 nitrogen and oxygen atoms in total. The van der Waals surface area contributed by atoms with Crippen LogP contribution in [0, 0.1) is 0 Å². The standard InChI is InChI=1S/C18H20N2O3/c1-12(14-9-4-7-13-6-2-3-8-15(13)14)19-18(23)20-11-5-10-16(20)17(21)22/h2-4,6-9,12,16H,5,10-11H2,1H3,(H,19,23)(H,21,22)/t12?,16-/m1/s1. The molecule has 5 heteroatoms. The molecule has 2 N–H and O–H groups in total. The van der Waals surface area contributed by atoms with Crippen molar-refractivity contribution in [3.8, 4) is 0 Å². The number of carbonyl (C=O) groups is 2. The van der Waals surface area contributed by atoms with E-state index >= 15 is 0 Å². The minimum Gasteiger partial charge on any atom is -0.480 e. The molecule has 2 atom stereocenters. The predicted molar refractivity (Wildman–Crippen MR) is 88.3 cm³/mol. The first-order valence-electron chi connectivity index (χ1n) is 7.85. The number of rotatable bonds is 3. The minimum atomic E-state index is -0.935. The summed E-state index contributed by atoms with van der Waals surface area (Å²) < 4.78 is 0. The van der Waals surface area contributed by atoms with Gasteiger partial charge in [-0.3, -0.25) is 0 Å². The quantitative estimate of drug-likeness (QED) is 0.914. The molecule has 3 rings (SSSR count). The van der Waals surface area contributed by atoms with Crippen molar-refractivity contribution in [1.82, 2.24) is 10.2 Å². The van der Waals surface area contributed by atoms with Gasteiger partial charge in [0, 0.05) is 6.54 Å². The summed E-state index contributed by atoms with van der Waals surface area (Å²) in [5.74, 6) is -0.935. The second-order valence-corrected chi connectivity index (χ2v) is 5.93. The SMILES string of the molecule is CC(NC(=O)N1CCC[C@@H]1C(=O)O)c1cccc2ccccc12. The van der Waals surface area contributed by atoms with Crippen LogP contribution in [0.15, 0.2) is 42.5 Å². The first-order chi connectivity index (χ1) is 11.1. The zero-order chi connectivity index (χ0) is 16.4. The van der Waals surface area contributed by atoms with Gasteiger partial charge >= 0.3 is 12.0 Å². The number of fused-ring (bicyclic) bond motifs is 1. The fourth-order valence-corrected chi connectivity index (χ4v) is 3.24. The third-order valence-electron chi connectivity index (χ3n) is 4.43. The van der Waals surface area contributed by atoms with Crippen LogP contribution in [-0.4, -0.2) is 34.6 Å². The third-order valence-corrected chi connectivity index (χ3v) is 4.43. The number of nitrogens with one attached hydrogen (secondary N) is 1. The fourth-order valence-electron chi connectivity index (χ4n) is 3.24. The number of likely N-dealkylation sites (tertiary alicyclic amines) is 1. The highest BCUT2D eigenvalue weighted by molar-refractivity contribution is 5.87. The largest absolute Gasteiger partial charge is 0.480 e. The van der Waals surface area contributed by atoms with Crippen molar-refractivity contribution in [2.75, 3.05) is 6.54 Å². The fraction of sp³-hybridized carbons (Fsp3) is 0.333. The summed E-state index contributed by atoms with van der Waals surface area (Å²) in [7, 11) is 0. The number of hydrogen-bond acceptors (Lipinski definition) is 2. The van der Waals surface area contributed by atoms with Crippen LogP contribution in [0.1, 0.15) is 31.4 Å². The number of hydrogen-bond donors (Lipinski definition) is 2. The lowest BCUT2D eigenvalue weighted by Gasteiger charge is -2.25. The van der Waals surface area contributed by atoms with E-state index in [4.69, 9.17) is 0 Å². The van der Waals surface area contributed by atoms with Crippen LogP contribution in [0.5, 0.6) is 0 Å². The molecule has 0 bridgehead atoms. The number of carbonyl (C=O) groups excluding carboxylic acids is 1. The molecule has 1 aliphatic rings. The highest BCUT2D eigenvalue weighted by atomic mass is 16.4. The molecule has 1 fully saturated rings. The lowest BCUT2D eigenvalue weighted by molar-refractivity contribution is -0.141. The van der Waals surface area contributed by atoms with Gasteiger partial charge < -0.3 is 15.3 Å². The molecule has 1 aliphatic heterocycles. The van der Waals surface area contributed by atoms with Crippen LogP contribution in [-0.2, 0) is 4.79 Å². The second kappa shape index (κ2) is 6.28. The highest BCUT2D eigenvalue weighted by Gasteiger charge is 2.34. The molecular formula is C18H20N2O3. The Hall–Kier alpha value is -2.56. The highest BCUT2D eigenvalue weighted by Crippen LogP contribution is 2.25. The summed E-state index contributed by atoms with van der Waals surface area (Å²) in [5, 5.41) is 14.4. The smallest absolute Gasteiger partial charge is 0.326 e. The van der Waals surface area contributed by atoms with E-state index in [-0.39, 0.29) is 12.1 Å². The van der Waals surface area contributed by atoms with Crippen molar-refractivity contribution in [2.24, 2.45) is 0 Å². The summed E-state index contributed by atoms with van der Waals surface area (Å²) in [6.07, 6.45) is 1.25. The van der Waals surface area contributed by atoms with Crippen molar-refractivity contribution >= 4 is 22.8 Å². The van der Waals surface area contributed by atoms with E-state index in [2.05, 4.69) is 5.32 Å². The molecule has 2 aromatic carbocycles. The molecule has 0 saturated carbocycles. The number of carboxylic acids is 1.